The molecule has 0 atom stereocenters. The molecular formula is H18O9Sb. The monoisotopic (exact) mass is 283 g/mol. The molecule has 0 aliphatic rings. The molecule has 0 aliphatic heterocycles. The fraction of sp³-hybridized carbons (Fsp3) is 0. The van der Waals surface area contributed by atoms with E-state index < -0.39 is 0 Å². The first-order valence-corrected chi connectivity index (χ1v) is 0. The molecule has 0 aromatic rings. The summed E-state index contributed by atoms with van der Waals surface area (Å²) in [5.41, 5.74) is 0. The Morgan fingerprint density at radius 2 is 0.200 bits per heavy atom. The molecule has 0 aromatic heterocycles. The second kappa shape index (κ2) is 3220. The molecule has 0 bridgehead atoms. The van der Waals surface area contributed by atoms with Crippen molar-refractivity contribution in [2.45, 2.75) is 0 Å². The molecule has 0 rings (SSSR count). The zero-order valence-corrected chi connectivity index (χ0v) is 7.50. The molecule has 0 fully saturated rings. The molecule has 0 unspecified atom stereocenters. The summed E-state index contributed by atoms with van der Waals surface area (Å²) in [6, 6.07) is 0. The molecule has 0 saturated carbocycles. The van der Waals surface area contributed by atoms with Crippen LogP contribution >= 0.6 is 0 Å². The van der Waals surface area contributed by atoms with E-state index in [1.54, 1.807) is 0 Å². The molecule has 9 nitrogen and oxygen atoms in total. The average molecular weight is 284 g/mol. The summed E-state index contributed by atoms with van der Waals surface area (Å²) in [4.78, 5) is 0. The maximum atomic E-state index is 0. The summed E-state index contributed by atoms with van der Waals surface area (Å²) < 4.78 is 0. The summed E-state index contributed by atoms with van der Waals surface area (Å²) in [5, 5.41) is 0. The van der Waals surface area contributed by atoms with Crippen LogP contribution in [0.3, 0.4) is 0 Å². The van der Waals surface area contributed by atoms with Crippen LogP contribution in [0.5, 0.6) is 0 Å². The van der Waals surface area contributed by atoms with Crippen molar-refractivity contribution in [2.75, 3.05) is 0 Å². The number of hydrogen-bond acceptors (Lipinski definition) is 0. The van der Waals surface area contributed by atoms with Crippen molar-refractivity contribution < 1.29 is 49.3 Å². The second-order valence-corrected chi connectivity index (χ2v) is 0. The summed E-state index contributed by atoms with van der Waals surface area (Å²) in [7, 11) is 0. The van der Waals surface area contributed by atoms with Gasteiger partial charge in [-0.25, -0.2) is 0 Å². The molecule has 0 saturated heterocycles. The van der Waals surface area contributed by atoms with Gasteiger partial charge >= 0.3 is 0 Å². The van der Waals surface area contributed by atoms with Gasteiger partial charge in [-0.15, -0.1) is 0 Å². The predicted octanol–water partition coefficient (Wildman–Crippen LogP) is -7.80. The molecule has 0 spiro atoms. The Labute approximate surface area is 74.3 Å². The standard InChI is InChI=1S/9H2O.Sb/h9*1H2;. The van der Waals surface area contributed by atoms with E-state index in [1.165, 1.54) is 0 Å². The third kappa shape index (κ3) is 2240. The van der Waals surface area contributed by atoms with E-state index in [-0.39, 0.29) is 73.7 Å². The SMILES string of the molecule is O.O.O.O.O.O.O.O.O.[Sb]. The zero-order chi connectivity index (χ0) is 0. The van der Waals surface area contributed by atoms with Gasteiger partial charge in [0.2, 0.25) is 0 Å². The molecule has 0 aliphatic carbocycles. The van der Waals surface area contributed by atoms with Crippen molar-refractivity contribution in [3.63, 3.8) is 0 Å². The van der Waals surface area contributed by atoms with Crippen LogP contribution in [0, 0.1) is 0 Å². The van der Waals surface area contributed by atoms with E-state index in [0.717, 1.165) is 0 Å². The van der Waals surface area contributed by atoms with Crippen molar-refractivity contribution in [3.8, 4) is 0 Å². The maximum Gasteiger partial charge on any atom is 0 e. The van der Waals surface area contributed by atoms with Crippen LogP contribution < -0.4 is 0 Å². The van der Waals surface area contributed by atoms with Gasteiger partial charge in [0.25, 0.3) is 0 Å². The van der Waals surface area contributed by atoms with Crippen LogP contribution in [0.1, 0.15) is 0 Å². The molecule has 0 amide bonds. The van der Waals surface area contributed by atoms with E-state index >= 15 is 0 Å². The van der Waals surface area contributed by atoms with Crippen molar-refractivity contribution in [2.24, 2.45) is 0 Å². The van der Waals surface area contributed by atoms with Crippen LogP contribution in [-0.4, -0.2) is 73.7 Å². The van der Waals surface area contributed by atoms with E-state index in [9.17, 15) is 0 Å². The van der Waals surface area contributed by atoms with Crippen molar-refractivity contribution >= 4 is 24.4 Å². The van der Waals surface area contributed by atoms with E-state index in [4.69, 9.17) is 0 Å². The molecule has 10 heteroatoms. The fourth-order valence-corrected chi connectivity index (χ4v) is 0. The van der Waals surface area contributed by atoms with Crippen molar-refractivity contribution in [1.82, 2.24) is 0 Å². The molecule has 0 aromatic carbocycles. The fourth-order valence-electron chi connectivity index (χ4n) is 0. The maximum absolute atomic E-state index is 0. The van der Waals surface area contributed by atoms with Crippen molar-refractivity contribution in [3.05, 3.63) is 0 Å². The Bertz CT molecular complexity index is 4.69. The largest absolute Gasteiger partial charge is 0.412 e. The summed E-state index contributed by atoms with van der Waals surface area (Å²) in [6.45, 7) is 0. The number of hydrogen-bond donors (Lipinski definition) is 0. The first-order valence-electron chi connectivity index (χ1n) is 0. The Morgan fingerprint density at radius 3 is 0.200 bits per heavy atom. The van der Waals surface area contributed by atoms with Gasteiger partial charge in [0.05, 0.1) is 0 Å². The van der Waals surface area contributed by atoms with Crippen LogP contribution in [0.4, 0.5) is 0 Å². The second-order valence-electron chi connectivity index (χ2n) is 0. The Morgan fingerprint density at radius 1 is 0.200 bits per heavy atom. The normalized spacial score (nSPS) is 0. The van der Waals surface area contributed by atoms with Gasteiger partial charge in [0.15, 0.2) is 0 Å². The Balaban J connectivity index is 0. The van der Waals surface area contributed by atoms with Gasteiger partial charge in [-0.2, -0.15) is 0 Å². The van der Waals surface area contributed by atoms with Gasteiger partial charge in [-0.3, -0.25) is 0 Å². The van der Waals surface area contributed by atoms with E-state index in [2.05, 4.69) is 0 Å². The number of rotatable bonds is 0. The van der Waals surface area contributed by atoms with Gasteiger partial charge in [-0.05, 0) is 0 Å². The molecule has 18 N–H and O–H groups in total. The van der Waals surface area contributed by atoms with Crippen LogP contribution in [-0.2, 0) is 0 Å². The van der Waals surface area contributed by atoms with E-state index in [0.29, 0.717) is 0 Å². The van der Waals surface area contributed by atoms with Gasteiger partial charge in [0, 0.05) is 24.4 Å². The van der Waals surface area contributed by atoms with Crippen molar-refractivity contribution in [1.29, 1.82) is 0 Å². The average Bonchev–Trinajstić information content (AvgIpc) is 0. The smallest absolute Gasteiger partial charge is 0 e. The molecule has 3 radical (unpaired) electrons. The Kier molecular flexibility index (Phi) is 1440000. The first kappa shape index (κ1) is 4460. The topological polar surface area (TPSA) is 284 Å². The van der Waals surface area contributed by atoms with Gasteiger partial charge in [-0.1, -0.05) is 0 Å². The third-order valence-corrected chi connectivity index (χ3v) is 0. The van der Waals surface area contributed by atoms with E-state index in [1.807, 2.05) is 0 Å². The molecular weight excluding hydrogens is 266 g/mol. The van der Waals surface area contributed by atoms with Crippen LogP contribution in [0.25, 0.3) is 0 Å². The minimum Gasteiger partial charge on any atom is -0.412 e. The first-order chi connectivity index (χ1) is 0. The summed E-state index contributed by atoms with van der Waals surface area (Å²) >= 11 is 0. The van der Waals surface area contributed by atoms with Crippen LogP contribution in [0.15, 0.2) is 0 Å². The third-order valence-electron chi connectivity index (χ3n) is 0. The zero-order valence-electron chi connectivity index (χ0n) is 4.95. The predicted molar refractivity (Wildman–Crippen MR) is 38.3 cm³/mol. The molecule has 0 heterocycles. The summed E-state index contributed by atoms with van der Waals surface area (Å²) in [6.07, 6.45) is 0. The van der Waals surface area contributed by atoms with Gasteiger partial charge in [0.1, 0.15) is 0 Å². The van der Waals surface area contributed by atoms with Crippen LogP contribution in [0.2, 0.25) is 0 Å². The quantitative estimate of drug-likeness (QED) is 0.374. The minimum absolute atomic E-state index is 0. The van der Waals surface area contributed by atoms with Gasteiger partial charge < -0.3 is 49.3 Å². The molecule has 10 heavy (non-hydrogen) atoms. The summed E-state index contributed by atoms with van der Waals surface area (Å²) in [5.74, 6) is 0. The Hall–Kier alpha value is 0.458. The molecule has 77 valence electrons. The minimum atomic E-state index is 0.